The number of carbonyl (C=O) groups excluding carboxylic acids is 1. The Morgan fingerprint density at radius 3 is 2.17 bits per heavy atom. The van der Waals surface area contributed by atoms with E-state index in [0.717, 1.165) is 48.8 Å². The second-order valence-electron chi connectivity index (χ2n) is 8.61. The molecular formula is C28H26F3NO3. The third kappa shape index (κ3) is 6.10. The number of oxazole rings is 1. The van der Waals surface area contributed by atoms with Crippen LogP contribution >= 0.6 is 0 Å². The molecule has 0 aliphatic heterocycles. The number of nitrogens with zero attached hydrogens (tertiary/aromatic N) is 1. The van der Waals surface area contributed by atoms with Crippen LogP contribution in [-0.4, -0.2) is 10.5 Å². The third-order valence-electron chi connectivity index (χ3n) is 6.07. The first kappa shape index (κ1) is 24.5. The van der Waals surface area contributed by atoms with E-state index in [1.165, 1.54) is 17.7 Å². The maximum absolute atomic E-state index is 12.8. The van der Waals surface area contributed by atoms with E-state index < -0.39 is 17.5 Å². The van der Waals surface area contributed by atoms with Gasteiger partial charge in [0, 0.05) is 6.42 Å². The number of fused-ring (bicyclic) bond motifs is 1. The summed E-state index contributed by atoms with van der Waals surface area (Å²) >= 11 is 0. The summed E-state index contributed by atoms with van der Waals surface area (Å²) in [5.41, 5.74) is 2.30. The van der Waals surface area contributed by atoms with Crippen LogP contribution < -0.4 is 5.76 Å². The van der Waals surface area contributed by atoms with Crippen molar-refractivity contribution in [1.82, 2.24) is 4.57 Å². The zero-order valence-electron chi connectivity index (χ0n) is 19.2. The van der Waals surface area contributed by atoms with Gasteiger partial charge in [0.05, 0.1) is 11.1 Å². The van der Waals surface area contributed by atoms with Crippen LogP contribution in [0, 0.1) is 0 Å². The van der Waals surface area contributed by atoms with E-state index in [-0.39, 0.29) is 17.9 Å². The monoisotopic (exact) mass is 481 g/mol. The molecule has 0 N–H and O–H groups in total. The van der Waals surface area contributed by atoms with Gasteiger partial charge in [0.2, 0.25) is 5.91 Å². The highest BCUT2D eigenvalue weighted by Crippen LogP contribution is 2.31. The van der Waals surface area contributed by atoms with Crippen molar-refractivity contribution < 1.29 is 22.4 Å². The summed E-state index contributed by atoms with van der Waals surface area (Å²) in [5.74, 6) is -1.10. The van der Waals surface area contributed by atoms with Gasteiger partial charge in [0.15, 0.2) is 5.58 Å². The van der Waals surface area contributed by atoms with Gasteiger partial charge in [-0.15, -0.1) is 0 Å². The van der Waals surface area contributed by atoms with Gasteiger partial charge in [-0.3, -0.25) is 4.79 Å². The number of rotatable bonds is 9. The summed E-state index contributed by atoms with van der Waals surface area (Å²) in [4.78, 5) is 25.1. The standard InChI is InChI=1S/C28H26F3NO3/c29-28(30,31)23-16-13-21(14-17-23)22-15-18-25-24(19-22)32(27(34)35-25)26(33)12-8-3-1-2-5-9-20-10-6-4-7-11-20/h4,6-7,10-11,13-19H,1-3,5,8-9,12H2. The molecule has 4 aromatic rings. The molecule has 1 heterocycles. The van der Waals surface area contributed by atoms with Gasteiger partial charge in [0.25, 0.3) is 0 Å². The highest BCUT2D eigenvalue weighted by molar-refractivity contribution is 5.91. The van der Waals surface area contributed by atoms with Crippen molar-refractivity contribution in [2.45, 2.75) is 51.1 Å². The Bertz CT molecular complexity index is 1340. The summed E-state index contributed by atoms with van der Waals surface area (Å²) in [6, 6.07) is 19.9. The van der Waals surface area contributed by atoms with Crippen molar-refractivity contribution in [3.05, 3.63) is 94.5 Å². The van der Waals surface area contributed by atoms with Crippen molar-refractivity contribution in [3.8, 4) is 11.1 Å². The summed E-state index contributed by atoms with van der Waals surface area (Å²) in [6.45, 7) is 0. The molecule has 0 aliphatic carbocycles. The molecule has 1 aromatic heterocycles. The van der Waals surface area contributed by atoms with E-state index in [1.807, 2.05) is 18.2 Å². The van der Waals surface area contributed by atoms with Gasteiger partial charge in [-0.1, -0.05) is 67.8 Å². The van der Waals surface area contributed by atoms with E-state index in [9.17, 15) is 22.8 Å². The van der Waals surface area contributed by atoms with Crippen LogP contribution in [-0.2, 0) is 12.6 Å². The van der Waals surface area contributed by atoms with Gasteiger partial charge in [-0.2, -0.15) is 13.2 Å². The van der Waals surface area contributed by atoms with Crippen LogP contribution in [0.5, 0.6) is 0 Å². The lowest BCUT2D eigenvalue weighted by atomic mass is 10.0. The fourth-order valence-corrected chi connectivity index (χ4v) is 4.18. The first-order valence-corrected chi connectivity index (χ1v) is 11.7. The average molecular weight is 482 g/mol. The molecule has 0 atom stereocenters. The number of halogens is 3. The topological polar surface area (TPSA) is 52.2 Å². The Morgan fingerprint density at radius 2 is 1.46 bits per heavy atom. The normalized spacial score (nSPS) is 11.7. The molecule has 4 nitrogen and oxygen atoms in total. The van der Waals surface area contributed by atoms with Crippen LogP contribution in [0.4, 0.5) is 13.2 Å². The zero-order valence-corrected chi connectivity index (χ0v) is 19.2. The van der Waals surface area contributed by atoms with Crippen LogP contribution in [0.3, 0.4) is 0 Å². The van der Waals surface area contributed by atoms with Crippen molar-refractivity contribution >= 4 is 17.0 Å². The average Bonchev–Trinajstić information content (AvgIpc) is 3.18. The lowest BCUT2D eigenvalue weighted by Crippen LogP contribution is -2.22. The van der Waals surface area contributed by atoms with Crippen molar-refractivity contribution in [2.24, 2.45) is 0 Å². The summed E-state index contributed by atoms with van der Waals surface area (Å²) in [6.07, 6.45) is 1.59. The smallest absolute Gasteiger partial charge is 0.407 e. The molecule has 3 aromatic carbocycles. The second kappa shape index (κ2) is 10.8. The third-order valence-corrected chi connectivity index (χ3v) is 6.07. The molecule has 182 valence electrons. The Labute approximate surface area is 201 Å². The number of hydrogen-bond donors (Lipinski definition) is 0. The molecule has 0 bridgehead atoms. The Kier molecular flexibility index (Phi) is 7.54. The number of benzene rings is 3. The van der Waals surface area contributed by atoms with Crippen LogP contribution in [0.15, 0.2) is 82.0 Å². The Balaban J connectivity index is 1.36. The lowest BCUT2D eigenvalue weighted by molar-refractivity contribution is -0.137. The lowest BCUT2D eigenvalue weighted by Gasteiger charge is -2.08. The van der Waals surface area contributed by atoms with Gasteiger partial charge in [-0.05, 0) is 60.2 Å². The van der Waals surface area contributed by atoms with Gasteiger partial charge in [0.1, 0.15) is 0 Å². The molecular weight excluding hydrogens is 455 g/mol. The fraction of sp³-hybridized carbons (Fsp3) is 0.286. The molecule has 7 heteroatoms. The SMILES string of the molecule is O=C(CCCCCCCc1ccccc1)n1c(=O)oc2ccc(-c3ccc(C(F)(F)F)cc3)cc21. The fourth-order valence-electron chi connectivity index (χ4n) is 4.18. The Hall–Kier alpha value is -3.61. The predicted octanol–water partition coefficient (Wildman–Crippen LogP) is 7.50. The molecule has 0 aliphatic rings. The molecule has 0 radical (unpaired) electrons. The number of alkyl halides is 3. The Morgan fingerprint density at radius 1 is 0.800 bits per heavy atom. The minimum absolute atomic E-state index is 0.220. The minimum atomic E-state index is -4.41. The molecule has 0 saturated heterocycles. The van der Waals surface area contributed by atoms with Gasteiger partial charge < -0.3 is 4.42 Å². The van der Waals surface area contributed by atoms with E-state index in [1.54, 1.807) is 18.2 Å². The van der Waals surface area contributed by atoms with Gasteiger partial charge in [-0.25, -0.2) is 9.36 Å². The summed E-state index contributed by atoms with van der Waals surface area (Å²) in [5, 5.41) is 0. The first-order chi connectivity index (χ1) is 16.8. The highest BCUT2D eigenvalue weighted by atomic mass is 19.4. The number of carbonyl (C=O) groups is 1. The molecule has 4 rings (SSSR count). The first-order valence-electron chi connectivity index (χ1n) is 11.7. The largest absolute Gasteiger partial charge is 0.426 e. The van der Waals surface area contributed by atoms with E-state index in [4.69, 9.17) is 4.42 Å². The minimum Gasteiger partial charge on any atom is -0.407 e. The molecule has 35 heavy (non-hydrogen) atoms. The number of unbranched alkanes of at least 4 members (excludes halogenated alkanes) is 4. The number of aromatic nitrogens is 1. The number of hydrogen-bond acceptors (Lipinski definition) is 3. The second-order valence-corrected chi connectivity index (χ2v) is 8.61. The van der Waals surface area contributed by atoms with Crippen molar-refractivity contribution in [1.29, 1.82) is 0 Å². The van der Waals surface area contributed by atoms with Gasteiger partial charge >= 0.3 is 11.9 Å². The van der Waals surface area contributed by atoms with E-state index in [0.29, 0.717) is 23.1 Å². The summed E-state index contributed by atoms with van der Waals surface area (Å²) in [7, 11) is 0. The maximum atomic E-state index is 12.8. The molecule has 0 fully saturated rings. The summed E-state index contributed by atoms with van der Waals surface area (Å²) < 4.78 is 44.8. The van der Waals surface area contributed by atoms with Crippen molar-refractivity contribution in [3.63, 3.8) is 0 Å². The van der Waals surface area contributed by atoms with Crippen molar-refractivity contribution in [2.75, 3.05) is 0 Å². The van der Waals surface area contributed by atoms with E-state index in [2.05, 4.69) is 12.1 Å². The van der Waals surface area contributed by atoms with Crippen LogP contribution in [0.25, 0.3) is 22.2 Å². The number of aryl methyl sites for hydroxylation is 1. The predicted molar refractivity (Wildman–Crippen MR) is 129 cm³/mol. The molecule has 0 spiro atoms. The molecule has 0 saturated carbocycles. The van der Waals surface area contributed by atoms with Crippen LogP contribution in [0.2, 0.25) is 0 Å². The van der Waals surface area contributed by atoms with Crippen LogP contribution in [0.1, 0.15) is 54.4 Å². The zero-order chi connectivity index (χ0) is 24.8. The molecule has 0 amide bonds. The molecule has 0 unspecified atom stereocenters. The van der Waals surface area contributed by atoms with E-state index >= 15 is 0 Å². The maximum Gasteiger partial charge on any atom is 0.426 e. The quantitative estimate of drug-likeness (QED) is 0.233. The highest BCUT2D eigenvalue weighted by Gasteiger charge is 2.30.